The van der Waals surface area contributed by atoms with Gasteiger partial charge in [0, 0.05) is 26.3 Å². The Morgan fingerprint density at radius 2 is 2.24 bits per heavy atom. The van der Waals surface area contributed by atoms with Crippen LogP contribution >= 0.6 is 0 Å². The van der Waals surface area contributed by atoms with E-state index in [0.717, 1.165) is 6.07 Å². The van der Waals surface area contributed by atoms with E-state index in [1.54, 1.807) is 7.11 Å². The molecule has 1 aromatic carbocycles. The van der Waals surface area contributed by atoms with Crippen LogP contribution in [0.4, 0.5) is 4.39 Å². The highest BCUT2D eigenvalue weighted by Gasteiger charge is 2.14. The first kappa shape index (κ1) is 17.1. The van der Waals surface area contributed by atoms with Gasteiger partial charge in [-0.3, -0.25) is 4.79 Å². The van der Waals surface area contributed by atoms with Gasteiger partial charge in [-0.15, -0.1) is 0 Å². The third kappa shape index (κ3) is 5.52. The van der Waals surface area contributed by atoms with Gasteiger partial charge in [-0.25, -0.2) is 4.39 Å². The van der Waals surface area contributed by atoms with E-state index in [1.165, 1.54) is 19.2 Å². The number of methoxy groups -OCH3 is 2. The Morgan fingerprint density at radius 3 is 2.86 bits per heavy atom. The molecule has 0 aliphatic heterocycles. The summed E-state index contributed by atoms with van der Waals surface area (Å²) in [7, 11) is 3.07. The molecule has 1 aromatic rings. The van der Waals surface area contributed by atoms with Crippen LogP contribution in [0.2, 0.25) is 0 Å². The number of hydrogen-bond acceptors (Lipinski definition) is 4. The van der Waals surface area contributed by atoms with Gasteiger partial charge in [0.1, 0.15) is 5.82 Å². The zero-order valence-electron chi connectivity index (χ0n) is 12.1. The van der Waals surface area contributed by atoms with Crippen molar-refractivity contribution in [3.63, 3.8) is 0 Å². The molecule has 5 nitrogen and oxygen atoms in total. The van der Waals surface area contributed by atoms with E-state index in [1.807, 2.05) is 0 Å². The van der Waals surface area contributed by atoms with Crippen LogP contribution in [-0.4, -0.2) is 45.9 Å². The lowest BCUT2D eigenvalue weighted by Crippen LogP contribution is -2.35. The molecule has 0 fully saturated rings. The number of hydrogen-bond donors (Lipinski definition) is 2. The van der Waals surface area contributed by atoms with E-state index < -0.39 is 11.7 Å². The van der Waals surface area contributed by atoms with Crippen molar-refractivity contribution in [2.24, 2.45) is 5.73 Å². The molecule has 0 aliphatic rings. The molecule has 1 unspecified atom stereocenters. The molecule has 0 bridgehead atoms. The summed E-state index contributed by atoms with van der Waals surface area (Å²) in [5.74, 6) is 4.47. The van der Waals surface area contributed by atoms with Crippen molar-refractivity contribution >= 4 is 5.91 Å². The summed E-state index contributed by atoms with van der Waals surface area (Å²) in [6.45, 7) is 0.765. The first-order chi connectivity index (χ1) is 10.1. The van der Waals surface area contributed by atoms with Gasteiger partial charge >= 0.3 is 0 Å². The summed E-state index contributed by atoms with van der Waals surface area (Å²) in [6, 6.07) is 3.85. The van der Waals surface area contributed by atoms with Crippen molar-refractivity contribution < 1.29 is 18.7 Å². The minimum Gasteiger partial charge on any atom is -0.382 e. The van der Waals surface area contributed by atoms with E-state index in [4.69, 9.17) is 15.2 Å². The van der Waals surface area contributed by atoms with Gasteiger partial charge in [0.05, 0.1) is 24.8 Å². The average molecular weight is 294 g/mol. The maximum Gasteiger partial charge on any atom is 0.252 e. The topological polar surface area (TPSA) is 73.6 Å². The molecule has 0 radical (unpaired) electrons. The van der Waals surface area contributed by atoms with Gasteiger partial charge in [0.2, 0.25) is 0 Å². The van der Waals surface area contributed by atoms with Crippen LogP contribution in [0.5, 0.6) is 0 Å². The predicted molar refractivity (Wildman–Crippen MR) is 77.3 cm³/mol. The number of halogens is 1. The van der Waals surface area contributed by atoms with Gasteiger partial charge in [0.15, 0.2) is 0 Å². The lowest BCUT2D eigenvalue weighted by Gasteiger charge is -2.15. The van der Waals surface area contributed by atoms with Gasteiger partial charge in [-0.1, -0.05) is 11.8 Å². The van der Waals surface area contributed by atoms with Gasteiger partial charge in [0.25, 0.3) is 5.91 Å². The van der Waals surface area contributed by atoms with E-state index in [2.05, 4.69) is 17.2 Å². The fraction of sp³-hybridized carbons (Fsp3) is 0.400. The fourth-order valence-corrected chi connectivity index (χ4v) is 1.66. The normalized spacial score (nSPS) is 11.4. The van der Waals surface area contributed by atoms with E-state index >= 15 is 0 Å². The lowest BCUT2D eigenvalue weighted by molar-refractivity contribution is 0.0285. The highest BCUT2D eigenvalue weighted by Crippen LogP contribution is 2.10. The third-order valence-corrected chi connectivity index (χ3v) is 2.73. The summed E-state index contributed by atoms with van der Waals surface area (Å²) in [5, 5.41) is 2.67. The average Bonchev–Trinajstić information content (AvgIpc) is 2.49. The van der Waals surface area contributed by atoms with Crippen LogP contribution in [0.25, 0.3) is 0 Å². The Bertz CT molecular complexity index is 537. The number of amides is 1. The molecule has 6 heteroatoms. The number of carbonyl (C=O) groups excluding carboxylic acids is 1. The predicted octanol–water partition coefficient (Wildman–Crippen LogP) is 0.527. The Kier molecular flexibility index (Phi) is 7.40. The van der Waals surface area contributed by atoms with Crippen LogP contribution in [0.3, 0.4) is 0 Å². The van der Waals surface area contributed by atoms with E-state index in [0.29, 0.717) is 12.2 Å². The second-order valence-corrected chi connectivity index (χ2v) is 4.22. The van der Waals surface area contributed by atoms with Crippen molar-refractivity contribution in [3.05, 3.63) is 35.1 Å². The summed E-state index contributed by atoms with van der Waals surface area (Å²) >= 11 is 0. The molecular weight excluding hydrogens is 275 g/mol. The molecule has 21 heavy (non-hydrogen) atoms. The van der Waals surface area contributed by atoms with Crippen molar-refractivity contribution in [1.29, 1.82) is 0 Å². The van der Waals surface area contributed by atoms with Crippen LogP contribution < -0.4 is 11.1 Å². The zero-order valence-corrected chi connectivity index (χ0v) is 12.1. The van der Waals surface area contributed by atoms with Crippen molar-refractivity contribution in [3.8, 4) is 11.8 Å². The quantitative estimate of drug-likeness (QED) is 0.751. The monoisotopic (exact) mass is 294 g/mol. The first-order valence-corrected chi connectivity index (χ1v) is 6.40. The minimum absolute atomic E-state index is 0.165. The molecule has 1 atom stereocenters. The van der Waals surface area contributed by atoms with Gasteiger partial charge in [-0.2, -0.15) is 0 Å². The number of carbonyl (C=O) groups is 1. The molecule has 1 rings (SSSR count). The van der Waals surface area contributed by atoms with Gasteiger partial charge in [-0.05, 0) is 18.2 Å². The maximum atomic E-state index is 13.3. The fourth-order valence-electron chi connectivity index (χ4n) is 1.66. The van der Waals surface area contributed by atoms with E-state index in [9.17, 15) is 9.18 Å². The number of benzene rings is 1. The summed E-state index contributed by atoms with van der Waals surface area (Å²) < 4.78 is 23.4. The summed E-state index contributed by atoms with van der Waals surface area (Å²) in [6.07, 6.45) is -0.272. The number of rotatable bonds is 6. The molecule has 0 aromatic heterocycles. The molecular formula is C15H19FN2O3. The molecule has 3 N–H and O–H groups in total. The summed E-state index contributed by atoms with van der Waals surface area (Å²) in [5.41, 5.74) is 5.90. The number of nitrogens with two attached hydrogens (primary N) is 1. The van der Waals surface area contributed by atoms with Crippen LogP contribution in [0, 0.1) is 17.7 Å². The molecule has 0 heterocycles. The van der Waals surface area contributed by atoms with Gasteiger partial charge < -0.3 is 20.5 Å². The maximum absolute atomic E-state index is 13.3. The van der Waals surface area contributed by atoms with Crippen LogP contribution in [-0.2, 0) is 9.47 Å². The van der Waals surface area contributed by atoms with Crippen molar-refractivity contribution in [2.75, 3.05) is 33.9 Å². The molecule has 0 aliphatic carbocycles. The molecule has 0 saturated heterocycles. The SMILES string of the molecule is COCC(CNC(=O)c1cc(F)ccc1C#CCN)OC. The molecule has 114 valence electrons. The molecule has 1 amide bonds. The van der Waals surface area contributed by atoms with Crippen molar-refractivity contribution in [2.45, 2.75) is 6.10 Å². The van der Waals surface area contributed by atoms with Crippen LogP contribution in [0.1, 0.15) is 15.9 Å². The summed E-state index contributed by atoms with van der Waals surface area (Å²) in [4.78, 5) is 12.1. The largest absolute Gasteiger partial charge is 0.382 e. The highest BCUT2D eigenvalue weighted by molar-refractivity contribution is 5.96. The highest BCUT2D eigenvalue weighted by atomic mass is 19.1. The third-order valence-electron chi connectivity index (χ3n) is 2.73. The smallest absolute Gasteiger partial charge is 0.252 e. The van der Waals surface area contributed by atoms with E-state index in [-0.39, 0.29) is 24.8 Å². The Balaban J connectivity index is 2.83. The zero-order chi connectivity index (χ0) is 15.7. The molecule has 0 saturated carbocycles. The second kappa shape index (κ2) is 9.08. The van der Waals surface area contributed by atoms with Crippen LogP contribution in [0.15, 0.2) is 18.2 Å². The second-order valence-electron chi connectivity index (χ2n) is 4.22. The number of ether oxygens (including phenoxy) is 2. The minimum atomic E-state index is -0.501. The number of nitrogens with one attached hydrogen (secondary N) is 1. The first-order valence-electron chi connectivity index (χ1n) is 6.40. The Morgan fingerprint density at radius 1 is 1.48 bits per heavy atom. The lowest BCUT2D eigenvalue weighted by atomic mass is 10.1. The Hall–Kier alpha value is -1.94. The standard InChI is InChI=1S/C15H19FN2O3/c1-20-10-13(21-2)9-18-15(19)14-8-12(16)6-5-11(14)4-3-7-17/h5-6,8,13H,7,9-10,17H2,1-2H3,(H,18,19). The molecule has 0 spiro atoms. The van der Waals surface area contributed by atoms with Crippen molar-refractivity contribution in [1.82, 2.24) is 5.32 Å². The Labute approximate surface area is 123 Å².